The van der Waals surface area contributed by atoms with Gasteiger partial charge >= 0.3 is 12.1 Å². The van der Waals surface area contributed by atoms with E-state index in [4.69, 9.17) is 4.74 Å². The molecule has 0 saturated carbocycles. The van der Waals surface area contributed by atoms with E-state index in [0.29, 0.717) is 17.6 Å². The number of para-hydroxylation sites is 2. The number of nitrogens with one attached hydrogen (secondary N) is 1. The number of fused-ring (bicyclic) bond motifs is 1. The third kappa shape index (κ3) is 3.13. The Morgan fingerprint density at radius 2 is 2.14 bits per heavy atom. The second-order valence-electron chi connectivity index (χ2n) is 4.45. The predicted octanol–water partition coefficient (Wildman–Crippen LogP) is 2.25. The molecule has 0 aliphatic rings. The lowest BCUT2D eigenvalue weighted by Crippen LogP contribution is -2.50. The number of amides is 3. The average molecular weight is 290 g/mol. The molecular weight excluding hydrogens is 272 g/mol. The highest BCUT2D eigenvalue weighted by Crippen LogP contribution is 2.13. The van der Waals surface area contributed by atoms with Gasteiger partial charge in [-0.2, -0.15) is 0 Å². The van der Waals surface area contributed by atoms with Crippen LogP contribution >= 0.6 is 0 Å². The van der Waals surface area contributed by atoms with Crippen molar-refractivity contribution in [3.8, 4) is 0 Å². The first-order valence-corrected chi connectivity index (χ1v) is 6.77. The number of imidazole rings is 1. The molecule has 112 valence electrons. The highest BCUT2D eigenvalue weighted by atomic mass is 16.5. The summed E-state index contributed by atoms with van der Waals surface area (Å²) in [6, 6.07) is 6.68. The Labute approximate surface area is 122 Å². The van der Waals surface area contributed by atoms with E-state index in [1.54, 1.807) is 12.1 Å². The van der Waals surface area contributed by atoms with Crippen LogP contribution in [0.3, 0.4) is 0 Å². The fraction of sp³-hybridized carbons (Fsp3) is 0.357. The van der Waals surface area contributed by atoms with Gasteiger partial charge in [-0.3, -0.25) is 0 Å². The summed E-state index contributed by atoms with van der Waals surface area (Å²) in [7, 11) is 1.23. The molecule has 21 heavy (non-hydrogen) atoms. The third-order valence-corrected chi connectivity index (χ3v) is 3.00. The summed E-state index contributed by atoms with van der Waals surface area (Å²) in [5, 5.41) is 3.58. The summed E-state index contributed by atoms with van der Waals surface area (Å²) >= 11 is 0. The van der Waals surface area contributed by atoms with Crippen molar-refractivity contribution in [2.75, 3.05) is 18.7 Å². The summed E-state index contributed by atoms with van der Waals surface area (Å²) in [6.45, 7) is 2.52. The molecule has 0 bridgehead atoms. The van der Waals surface area contributed by atoms with Crippen LogP contribution in [0.25, 0.3) is 11.0 Å². The Morgan fingerprint density at radius 1 is 1.38 bits per heavy atom. The minimum atomic E-state index is -0.771. The number of hydrogen-bond acceptors (Lipinski definition) is 4. The lowest BCUT2D eigenvalue weighted by atomic mass is 10.3. The van der Waals surface area contributed by atoms with E-state index in [0.717, 1.165) is 17.9 Å². The number of carbonyl (C=O) groups is 2. The van der Waals surface area contributed by atoms with Gasteiger partial charge in [0.25, 0.3) is 0 Å². The van der Waals surface area contributed by atoms with Gasteiger partial charge in [-0.1, -0.05) is 25.5 Å². The van der Waals surface area contributed by atoms with E-state index in [1.807, 2.05) is 19.1 Å². The summed E-state index contributed by atoms with van der Waals surface area (Å²) in [6.07, 6.45) is 2.44. The SMILES string of the molecule is CCCCNC(=O)N(C(=O)OC)n1cnc2ccccc21. The van der Waals surface area contributed by atoms with Gasteiger partial charge < -0.3 is 10.1 Å². The highest BCUT2D eigenvalue weighted by Gasteiger charge is 2.25. The lowest BCUT2D eigenvalue weighted by Gasteiger charge is -2.20. The van der Waals surface area contributed by atoms with Gasteiger partial charge in [-0.05, 0) is 18.6 Å². The second kappa shape index (κ2) is 6.74. The van der Waals surface area contributed by atoms with Crippen LogP contribution in [-0.2, 0) is 4.74 Å². The monoisotopic (exact) mass is 290 g/mol. The van der Waals surface area contributed by atoms with Crippen LogP contribution in [0.5, 0.6) is 0 Å². The van der Waals surface area contributed by atoms with E-state index in [-0.39, 0.29) is 0 Å². The second-order valence-corrected chi connectivity index (χ2v) is 4.45. The van der Waals surface area contributed by atoms with Crippen molar-refractivity contribution >= 4 is 23.2 Å². The zero-order valence-corrected chi connectivity index (χ0v) is 12.1. The quantitative estimate of drug-likeness (QED) is 0.876. The molecular formula is C14H18N4O3. The molecule has 2 rings (SSSR count). The molecule has 1 aromatic carbocycles. The molecule has 0 aliphatic heterocycles. The van der Waals surface area contributed by atoms with Gasteiger partial charge in [0.05, 0.1) is 18.1 Å². The van der Waals surface area contributed by atoms with Gasteiger partial charge in [-0.15, -0.1) is 5.01 Å². The molecule has 0 fully saturated rings. The first kappa shape index (κ1) is 14.8. The number of methoxy groups -OCH3 is 1. The van der Waals surface area contributed by atoms with Crippen LogP contribution < -0.4 is 10.3 Å². The number of rotatable bonds is 4. The Bertz CT molecular complexity index is 638. The predicted molar refractivity (Wildman–Crippen MR) is 78.7 cm³/mol. The van der Waals surface area contributed by atoms with Crippen molar-refractivity contribution in [2.24, 2.45) is 0 Å². The van der Waals surface area contributed by atoms with Crippen molar-refractivity contribution in [1.29, 1.82) is 0 Å². The van der Waals surface area contributed by atoms with Crippen LogP contribution in [0.1, 0.15) is 19.8 Å². The molecule has 0 saturated heterocycles. The van der Waals surface area contributed by atoms with Crippen LogP contribution in [0, 0.1) is 0 Å². The first-order valence-electron chi connectivity index (χ1n) is 6.77. The molecule has 1 heterocycles. The fourth-order valence-corrected chi connectivity index (χ4v) is 1.91. The number of imide groups is 1. The lowest BCUT2D eigenvalue weighted by molar-refractivity contribution is 0.171. The molecule has 0 spiro atoms. The number of nitrogens with zero attached hydrogens (tertiary/aromatic N) is 3. The molecule has 0 atom stereocenters. The Kier molecular flexibility index (Phi) is 4.76. The van der Waals surface area contributed by atoms with E-state index in [9.17, 15) is 9.59 Å². The number of unbranched alkanes of at least 4 members (excludes halogenated alkanes) is 1. The van der Waals surface area contributed by atoms with E-state index >= 15 is 0 Å². The normalized spacial score (nSPS) is 10.4. The highest BCUT2D eigenvalue weighted by molar-refractivity contribution is 6.05. The Morgan fingerprint density at radius 3 is 2.86 bits per heavy atom. The van der Waals surface area contributed by atoms with Crippen LogP contribution in [-0.4, -0.2) is 35.4 Å². The molecule has 1 aromatic heterocycles. The summed E-state index contributed by atoms with van der Waals surface area (Å²) in [4.78, 5) is 28.3. The minimum absolute atomic E-state index is 0.495. The van der Waals surface area contributed by atoms with Gasteiger partial charge in [0.15, 0.2) is 0 Å². The van der Waals surface area contributed by atoms with Crippen molar-refractivity contribution in [2.45, 2.75) is 19.8 Å². The third-order valence-electron chi connectivity index (χ3n) is 3.00. The molecule has 7 nitrogen and oxygen atoms in total. The van der Waals surface area contributed by atoms with Crippen molar-refractivity contribution < 1.29 is 14.3 Å². The largest absolute Gasteiger partial charge is 0.451 e. The zero-order valence-electron chi connectivity index (χ0n) is 12.1. The summed E-state index contributed by atoms with van der Waals surface area (Å²) < 4.78 is 6.07. The molecule has 3 amide bonds. The smallest absolute Gasteiger partial charge is 0.437 e. The number of benzene rings is 1. The number of carbonyl (C=O) groups excluding carboxylic acids is 2. The Balaban J connectivity index is 2.32. The topological polar surface area (TPSA) is 76.5 Å². The molecule has 0 radical (unpaired) electrons. The average Bonchev–Trinajstić information content (AvgIpc) is 2.91. The number of hydrogen-bond donors (Lipinski definition) is 1. The minimum Gasteiger partial charge on any atom is -0.451 e. The number of urea groups is 1. The Hall–Kier alpha value is -2.57. The standard InChI is InChI=1S/C14H18N4O3/c1-3-4-9-15-13(19)18(14(20)21-2)17-10-16-11-7-5-6-8-12(11)17/h5-8,10H,3-4,9H2,1-2H3,(H,15,19). The van der Waals surface area contributed by atoms with Gasteiger partial charge in [0.1, 0.15) is 6.33 Å². The molecule has 7 heteroatoms. The van der Waals surface area contributed by atoms with E-state index < -0.39 is 12.1 Å². The number of ether oxygens (including phenoxy) is 1. The zero-order chi connectivity index (χ0) is 15.2. The maximum Gasteiger partial charge on any atom is 0.437 e. The van der Waals surface area contributed by atoms with Gasteiger partial charge in [0.2, 0.25) is 0 Å². The van der Waals surface area contributed by atoms with E-state index in [2.05, 4.69) is 10.3 Å². The van der Waals surface area contributed by atoms with Crippen LogP contribution in [0.2, 0.25) is 0 Å². The molecule has 1 N–H and O–H groups in total. The van der Waals surface area contributed by atoms with Crippen LogP contribution in [0.4, 0.5) is 9.59 Å². The molecule has 2 aromatic rings. The van der Waals surface area contributed by atoms with Crippen molar-refractivity contribution in [3.63, 3.8) is 0 Å². The maximum atomic E-state index is 12.2. The van der Waals surface area contributed by atoms with E-state index in [1.165, 1.54) is 18.1 Å². The maximum absolute atomic E-state index is 12.2. The molecule has 0 aliphatic carbocycles. The van der Waals surface area contributed by atoms with Gasteiger partial charge in [0, 0.05) is 6.54 Å². The van der Waals surface area contributed by atoms with Gasteiger partial charge in [-0.25, -0.2) is 19.2 Å². The van der Waals surface area contributed by atoms with Crippen LogP contribution in [0.15, 0.2) is 30.6 Å². The fourth-order valence-electron chi connectivity index (χ4n) is 1.91. The summed E-state index contributed by atoms with van der Waals surface area (Å²) in [5.74, 6) is 0. The summed E-state index contributed by atoms with van der Waals surface area (Å²) in [5.41, 5.74) is 1.33. The number of aromatic nitrogens is 2. The first-order chi connectivity index (χ1) is 10.2. The van der Waals surface area contributed by atoms with Crippen molar-refractivity contribution in [1.82, 2.24) is 15.0 Å². The molecule has 0 unspecified atom stereocenters. The van der Waals surface area contributed by atoms with Crippen molar-refractivity contribution in [3.05, 3.63) is 30.6 Å².